The highest BCUT2D eigenvalue weighted by Gasteiger charge is 2.25. The molecule has 2 amide bonds. The molecule has 6 nitrogen and oxygen atoms in total. The van der Waals surface area contributed by atoms with Gasteiger partial charge in [0.25, 0.3) is 0 Å². The van der Waals surface area contributed by atoms with Crippen LogP contribution in [-0.2, 0) is 0 Å². The molecule has 0 bridgehead atoms. The van der Waals surface area contributed by atoms with Gasteiger partial charge in [0.05, 0.1) is 5.69 Å². The summed E-state index contributed by atoms with van der Waals surface area (Å²) < 4.78 is 0. The van der Waals surface area contributed by atoms with Crippen LogP contribution in [0.1, 0.15) is 44.2 Å². The molecule has 2 fully saturated rings. The number of anilines is 1. The topological polar surface area (TPSA) is 70.2 Å². The molecule has 0 spiro atoms. The van der Waals surface area contributed by atoms with E-state index in [1.165, 1.54) is 19.3 Å². The smallest absolute Gasteiger partial charge is 0.320 e. The average Bonchev–Trinajstić information content (AvgIpc) is 3.24. The minimum Gasteiger partial charge on any atom is -0.336 e. The number of aromatic nitrogens is 2. The molecule has 2 heterocycles. The Bertz CT molecular complexity index is 485. The van der Waals surface area contributed by atoms with Crippen LogP contribution in [0.3, 0.4) is 0 Å². The van der Waals surface area contributed by atoms with Crippen molar-refractivity contribution in [1.82, 2.24) is 20.4 Å². The Morgan fingerprint density at radius 1 is 1.33 bits per heavy atom. The minimum atomic E-state index is -0.202. The second-order valence-corrected chi connectivity index (χ2v) is 5.88. The first-order chi connectivity index (χ1) is 10.3. The Kier molecular flexibility index (Phi) is 4.34. The zero-order valence-electron chi connectivity index (χ0n) is 12.5. The molecule has 1 aliphatic heterocycles. The van der Waals surface area contributed by atoms with E-state index in [-0.39, 0.29) is 6.03 Å². The zero-order chi connectivity index (χ0) is 14.7. The van der Waals surface area contributed by atoms with Crippen molar-refractivity contribution in [2.24, 2.45) is 0 Å². The molecule has 2 N–H and O–H groups in total. The van der Waals surface area contributed by atoms with Gasteiger partial charge in [-0.2, -0.15) is 5.10 Å². The molecule has 1 unspecified atom stereocenters. The summed E-state index contributed by atoms with van der Waals surface area (Å²) in [6.07, 6.45) is 4.79. The summed E-state index contributed by atoms with van der Waals surface area (Å²) in [5, 5.41) is 13.9. The lowest BCUT2D eigenvalue weighted by atomic mass is 10.2. The molecule has 114 valence electrons. The average molecular weight is 289 g/mol. The monoisotopic (exact) mass is 289 g/mol. The summed E-state index contributed by atoms with van der Waals surface area (Å²) in [5.41, 5.74) is 1.03. The predicted octanol–water partition coefficient (Wildman–Crippen LogP) is 1.96. The molecule has 21 heavy (non-hydrogen) atoms. The predicted molar refractivity (Wildman–Crippen MR) is 81.3 cm³/mol. The molecule has 1 aliphatic carbocycles. The molecule has 3 rings (SSSR count). The van der Waals surface area contributed by atoms with Crippen LogP contribution < -0.4 is 10.6 Å². The van der Waals surface area contributed by atoms with E-state index in [0.717, 1.165) is 25.2 Å². The minimum absolute atomic E-state index is 0.202. The number of rotatable bonds is 5. The highest BCUT2D eigenvalue weighted by Crippen LogP contribution is 2.38. The van der Waals surface area contributed by atoms with Gasteiger partial charge in [0.15, 0.2) is 5.82 Å². The van der Waals surface area contributed by atoms with Gasteiger partial charge in [-0.1, -0.05) is 6.92 Å². The van der Waals surface area contributed by atoms with Crippen LogP contribution in [0.2, 0.25) is 0 Å². The van der Waals surface area contributed by atoms with Gasteiger partial charge in [0.1, 0.15) is 0 Å². The molecule has 1 aromatic rings. The van der Waals surface area contributed by atoms with Crippen LogP contribution in [0.25, 0.3) is 0 Å². The number of amides is 2. The van der Waals surface area contributed by atoms with Gasteiger partial charge in [-0.05, 0) is 50.9 Å². The number of nitrogens with one attached hydrogen (secondary N) is 2. The Balaban J connectivity index is 1.45. The van der Waals surface area contributed by atoms with Gasteiger partial charge in [0.2, 0.25) is 0 Å². The van der Waals surface area contributed by atoms with Crippen molar-refractivity contribution in [3.8, 4) is 0 Å². The number of urea groups is 1. The van der Waals surface area contributed by atoms with E-state index in [1.807, 2.05) is 12.1 Å². The highest BCUT2D eigenvalue weighted by molar-refractivity contribution is 5.88. The first-order valence-corrected chi connectivity index (χ1v) is 7.89. The Labute approximate surface area is 125 Å². The number of likely N-dealkylation sites (tertiary alicyclic amines) is 1. The van der Waals surface area contributed by atoms with Crippen LogP contribution in [0.4, 0.5) is 10.6 Å². The molecular formula is C15H23N5O. The third kappa shape index (κ3) is 3.69. The van der Waals surface area contributed by atoms with Crippen molar-refractivity contribution >= 4 is 11.8 Å². The van der Waals surface area contributed by atoms with Crippen molar-refractivity contribution in [2.45, 2.75) is 44.6 Å². The van der Waals surface area contributed by atoms with Gasteiger partial charge in [-0.15, -0.1) is 5.10 Å². The number of carbonyl (C=O) groups is 1. The van der Waals surface area contributed by atoms with Crippen LogP contribution >= 0.6 is 0 Å². The lowest BCUT2D eigenvalue weighted by Crippen LogP contribution is -2.41. The number of hydrogen-bond acceptors (Lipinski definition) is 4. The molecule has 2 aliphatic rings. The third-order valence-corrected chi connectivity index (χ3v) is 4.33. The van der Waals surface area contributed by atoms with E-state index in [4.69, 9.17) is 0 Å². The van der Waals surface area contributed by atoms with Gasteiger partial charge < -0.3 is 5.32 Å². The van der Waals surface area contributed by atoms with E-state index in [9.17, 15) is 4.79 Å². The fraction of sp³-hybridized carbons (Fsp3) is 0.667. The van der Waals surface area contributed by atoms with Crippen LogP contribution in [0.15, 0.2) is 12.1 Å². The van der Waals surface area contributed by atoms with Gasteiger partial charge >= 0.3 is 6.03 Å². The Hall–Kier alpha value is -1.69. The second-order valence-electron chi connectivity index (χ2n) is 5.88. The maximum atomic E-state index is 11.9. The van der Waals surface area contributed by atoms with Crippen LogP contribution in [0, 0.1) is 0 Å². The molecule has 0 radical (unpaired) electrons. The standard InChI is InChI=1S/C15H23N5O/c1-2-20-9-3-4-12(20)10-16-15(21)17-14-8-7-13(18-19-14)11-5-6-11/h7-8,11-12H,2-6,9-10H2,1H3,(H2,16,17,19,21). The Morgan fingerprint density at radius 2 is 2.19 bits per heavy atom. The van der Waals surface area contributed by atoms with Crippen molar-refractivity contribution in [2.75, 3.05) is 25.0 Å². The summed E-state index contributed by atoms with van der Waals surface area (Å²) >= 11 is 0. The molecule has 1 aromatic heterocycles. The molecule has 1 saturated carbocycles. The normalized spacial score (nSPS) is 22.2. The fourth-order valence-corrected chi connectivity index (χ4v) is 2.92. The van der Waals surface area contributed by atoms with E-state index in [0.29, 0.717) is 24.3 Å². The quantitative estimate of drug-likeness (QED) is 0.869. The van der Waals surface area contributed by atoms with Gasteiger partial charge in [0, 0.05) is 18.5 Å². The summed E-state index contributed by atoms with van der Waals surface area (Å²) in [5.74, 6) is 1.10. The first-order valence-electron chi connectivity index (χ1n) is 7.89. The van der Waals surface area contributed by atoms with Crippen molar-refractivity contribution in [3.05, 3.63) is 17.8 Å². The highest BCUT2D eigenvalue weighted by atomic mass is 16.2. The molecule has 1 atom stereocenters. The van der Waals surface area contributed by atoms with Crippen molar-refractivity contribution < 1.29 is 4.79 Å². The van der Waals surface area contributed by atoms with E-state index < -0.39 is 0 Å². The van der Waals surface area contributed by atoms with E-state index in [1.54, 1.807) is 0 Å². The van der Waals surface area contributed by atoms with Gasteiger partial charge in [-0.25, -0.2) is 4.79 Å². The van der Waals surface area contributed by atoms with E-state index in [2.05, 4.69) is 32.7 Å². The SMILES string of the molecule is CCN1CCCC1CNC(=O)Nc1ccc(C2CC2)nn1. The number of nitrogens with zero attached hydrogens (tertiary/aromatic N) is 3. The summed E-state index contributed by atoms with van der Waals surface area (Å²) in [6, 6.07) is 4.04. The molecule has 6 heteroatoms. The van der Waals surface area contributed by atoms with Gasteiger partial charge in [-0.3, -0.25) is 10.2 Å². The number of likely N-dealkylation sites (N-methyl/N-ethyl adjacent to an activating group) is 1. The van der Waals surface area contributed by atoms with Crippen LogP contribution in [0.5, 0.6) is 0 Å². The number of hydrogen-bond donors (Lipinski definition) is 2. The maximum Gasteiger partial charge on any atom is 0.320 e. The summed E-state index contributed by atoms with van der Waals surface area (Å²) in [4.78, 5) is 14.3. The molecule has 0 aromatic carbocycles. The summed E-state index contributed by atoms with van der Waals surface area (Å²) in [6.45, 7) is 5.03. The summed E-state index contributed by atoms with van der Waals surface area (Å²) in [7, 11) is 0. The molecular weight excluding hydrogens is 266 g/mol. The molecule has 1 saturated heterocycles. The van der Waals surface area contributed by atoms with Crippen LogP contribution in [-0.4, -0.2) is 46.8 Å². The lowest BCUT2D eigenvalue weighted by Gasteiger charge is -2.22. The number of carbonyl (C=O) groups excluding carboxylic acids is 1. The zero-order valence-corrected chi connectivity index (χ0v) is 12.5. The van der Waals surface area contributed by atoms with E-state index >= 15 is 0 Å². The Morgan fingerprint density at radius 3 is 2.86 bits per heavy atom. The maximum absolute atomic E-state index is 11.9. The third-order valence-electron chi connectivity index (χ3n) is 4.33. The second kappa shape index (κ2) is 6.39. The van der Waals surface area contributed by atoms with Crippen molar-refractivity contribution in [3.63, 3.8) is 0 Å². The van der Waals surface area contributed by atoms with Crippen molar-refractivity contribution in [1.29, 1.82) is 0 Å². The fourth-order valence-electron chi connectivity index (χ4n) is 2.92. The lowest BCUT2D eigenvalue weighted by molar-refractivity contribution is 0.238. The largest absolute Gasteiger partial charge is 0.336 e. The first kappa shape index (κ1) is 14.3.